The normalized spacial score (nSPS) is 31.6. The molecule has 4 unspecified atom stereocenters. The van der Waals surface area contributed by atoms with E-state index < -0.39 is 0 Å². The van der Waals surface area contributed by atoms with Crippen LogP contribution in [-0.2, 0) is 0 Å². The highest BCUT2D eigenvalue weighted by atomic mass is 16.3. The van der Waals surface area contributed by atoms with Crippen molar-refractivity contribution in [1.82, 2.24) is 15.5 Å². The Labute approximate surface area is 147 Å². The van der Waals surface area contributed by atoms with E-state index >= 15 is 0 Å². The average molecular weight is 340 g/mol. The van der Waals surface area contributed by atoms with Crippen LogP contribution in [-0.4, -0.2) is 54.9 Å². The van der Waals surface area contributed by atoms with Gasteiger partial charge in [0.2, 0.25) is 0 Å². The third kappa shape index (κ3) is 6.60. The van der Waals surface area contributed by atoms with Crippen LogP contribution in [0.15, 0.2) is 0 Å². The monoisotopic (exact) mass is 339 g/mol. The van der Waals surface area contributed by atoms with Gasteiger partial charge in [0, 0.05) is 38.2 Å². The van der Waals surface area contributed by atoms with Gasteiger partial charge in [-0.2, -0.15) is 0 Å². The number of aliphatic hydroxyl groups excluding tert-OH is 1. The minimum absolute atomic E-state index is 0.0689. The van der Waals surface area contributed by atoms with E-state index in [4.69, 9.17) is 0 Å². The Balaban J connectivity index is 1.54. The molecule has 2 rings (SSSR count). The number of piperidine rings is 1. The lowest BCUT2D eigenvalue weighted by molar-refractivity contribution is 0.139. The first kappa shape index (κ1) is 19.5. The minimum Gasteiger partial charge on any atom is -0.396 e. The molecule has 2 fully saturated rings. The third-order valence-electron chi connectivity index (χ3n) is 5.59. The van der Waals surface area contributed by atoms with Gasteiger partial charge in [-0.15, -0.1) is 0 Å². The van der Waals surface area contributed by atoms with Crippen LogP contribution in [0, 0.1) is 17.8 Å². The van der Waals surface area contributed by atoms with Gasteiger partial charge in [0.15, 0.2) is 0 Å². The summed E-state index contributed by atoms with van der Waals surface area (Å²) >= 11 is 0. The molecule has 5 nitrogen and oxygen atoms in total. The first-order valence-electron chi connectivity index (χ1n) is 9.96. The van der Waals surface area contributed by atoms with E-state index in [2.05, 4.69) is 29.4 Å². The van der Waals surface area contributed by atoms with Gasteiger partial charge < -0.3 is 20.6 Å². The maximum absolute atomic E-state index is 12.0. The van der Waals surface area contributed by atoms with E-state index in [1.807, 2.05) is 0 Å². The van der Waals surface area contributed by atoms with Crippen LogP contribution >= 0.6 is 0 Å². The second-order valence-electron chi connectivity index (χ2n) is 8.15. The quantitative estimate of drug-likeness (QED) is 0.625. The van der Waals surface area contributed by atoms with Crippen molar-refractivity contribution in [2.45, 2.75) is 64.8 Å². The maximum Gasteiger partial charge on any atom is 0.315 e. The van der Waals surface area contributed by atoms with Gasteiger partial charge in [-0.1, -0.05) is 26.7 Å². The fourth-order valence-electron chi connectivity index (χ4n) is 4.47. The molecule has 5 heteroatoms. The molecule has 3 N–H and O–H groups in total. The molecule has 0 spiro atoms. The largest absolute Gasteiger partial charge is 0.396 e. The summed E-state index contributed by atoms with van der Waals surface area (Å²) in [6.45, 7) is 9.20. The van der Waals surface area contributed by atoms with Crippen molar-refractivity contribution in [3.05, 3.63) is 0 Å². The summed E-state index contributed by atoms with van der Waals surface area (Å²) < 4.78 is 0. The van der Waals surface area contributed by atoms with Crippen molar-refractivity contribution in [3.8, 4) is 0 Å². The Morgan fingerprint density at radius 1 is 1.12 bits per heavy atom. The molecule has 2 aliphatic rings. The summed E-state index contributed by atoms with van der Waals surface area (Å²) in [5.74, 6) is 1.85. The number of hydrogen-bond donors (Lipinski definition) is 3. The Bertz CT molecular complexity index is 368. The second kappa shape index (κ2) is 10.2. The van der Waals surface area contributed by atoms with Crippen molar-refractivity contribution in [3.63, 3.8) is 0 Å². The molecule has 24 heavy (non-hydrogen) atoms. The summed E-state index contributed by atoms with van der Waals surface area (Å²) in [6, 6.07) is 0.0700. The molecule has 1 saturated carbocycles. The summed E-state index contributed by atoms with van der Waals surface area (Å²) in [6.07, 6.45) is 7.85. The van der Waals surface area contributed by atoms with Gasteiger partial charge in [0.1, 0.15) is 0 Å². The van der Waals surface area contributed by atoms with Gasteiger partial charge in [0.25, 0.3) is 0 Å². The molecular formula is C19H37N3O2. The predicted molar refractivity (Wildman–Crippen MR) is 98.0 cm³/mol. The molecule has 1 aliphatic carbocycles. The number of unbranched alkanes of at least 4 members (excludes halogenated alkanes) is 1. The van der Waals surface area contributed by atoms with Crippen molar-refractivity contribution in [2.24, 2.45) is 17.8 Å². The van der Waals surface area contributed by atoms with Gasteiger partial charge in [-0.25, -0.2) is 4.79 Å². The zero-order chi connectivity index (χ0) is 17.4. The van der Waals surface area contributed by atoms with Gasteiger partial charge in [-0.3, -0.25) is 0 Å². The van der Waals surface area contributed by atoms with Gasteiger partial charge >= 0.3 is 6.03 Å². The van der Waals surface area contributed by atoms with Crippen LogP contribution in [0.3, 0.4) is 0 Å². The standard InChI is InChI=1S/C19H37N3O2/c1-15-11-16(2)13-22(12-15)10-6-5-9-20-19(24)21-18-8-4-3-7-17(18)14-23/h15-18,23H,3-14H2,1-2H3,(H2,20,21,24). The van der Waals surface area contributed by atoms with Gasteiger partial charge in [0.05, 0.1) is 0 Å². The summed E-state index contributed by atoms with van der Waals surface area (Å²) in [7, 11) is 0. The third-order valence-corrected chi connectivity index (χ3v) is 5.59. The molecule has 0 aromatic heterocycles. The number of nitrogens with zero attached hydrogens (tertiary/aromatic N) is 1. The van der Waals surface area contributed by atoms with Crippen LogP contribution in [0.4, 0.5) is 4.79 Å². The fraction of sp³-hybridized carbons (Fsp3) is 0.947. The predicted octanol–water partition coefficient (Wildman–Crippen LogP) is 2.59. The maximum atomic E-state index is 12.0. The topological polar surface area (TPSA) is 64.6 Å². The summed E-state index contributed by atoms with van der Waals surface area (Å²) in [5, 5.41) is 15.4. The smallest absolute Gasteiger partial charge is 0.315 e. The van der Waals surface area contributed by atoms with Crippen molar-refractivity contribution < 1.29 is 9.90 Å². The Morgan fingerprint density at radius 3 is 2.54 bits per heavy atom. The first-order chi connectivity index (χ1) is 11.6. The number of hydrogen-bond acceptors (Lipinski definition) is 3. The molecule has 1 saturated heterocycles. The van der Waals surface area contributed by atoms with E-state index in [-0.39, 0.29) is 24.6 Å². The number of carbonyl (C=O) groups excluding carboxylic acids is 1. The second-order valence-corrected chi connectivity index (χ2v) is 8.15. The van der Waals surface area contributed by atoms with E-state index in [1.165, 1.54) is 25.9 Å². The molecule has 4 atom stereocenters. The SMILES string of the molecule is CC1CC(C)CN(CCCCNC(=O)NC2CCCCC2CO)C1. The fourth-order valence-corrected chi connectivity index (χ4v) is 4.47. The van der Waals surface area contributed by atoms with Crippen molar-refractivity contribution in [2.75, 3.05) is 32.8 Å². The van der Waals surface area contributed by atoms with Crippen LogP contribution in [0.1, 0.15) is 58.8 Å². The van der Waals surface area contributed by atoms with Crippen molar-refractivity contribution >= 4 is 6.03 Å². The van der Waals surface area contributed by atoms with E-state index in [9.17, 15) is 9.90 Å². The number of urea groups is 1. The average Bonchev–Trinajstić information content (AvgIpc) is 2.54. The number of likely N-dealkylation sites (tertiary alicyclic amines) is 1. The number of aliphatic hydroxyl groups is 1. The zero-order valence-corrected chi connectivity index (χ0v) is 15.6. The number of amides is 2. The number of rotatable bonds is 7. The molecule has 0 bridgehead atoms. The zero-order valence-electron chi connectivity index (χ0n) is 15.6. The number of carbonyl (C=O) groups is 1. The van der Waals surface area contributed by atoms with Crippen LogP contribution in [0.25, 0.3) is 0 Å². The summed E-state index contributed by atoms with van der Waals surface area (Å²) in [4.78, 5) is 14.6. The molecule has 2 amide bonds. The van der Waals surface area contributed by atoms with Crippen LogP contribution < -0.4 is 10.6 Å². The molecule has 1 heterocycles. The lowest BCUT2D eigenvalue weighted by atomic mass is 9.85. The molecule has 0 aromatic rings. The van der Waals surface area contributed by atoms with E-state index in [0.29, 0.717) is 0 Å². The van der Waals surface area contributed by atoms with Crippen LogP contribution in [0.2, 0.25) is 0 Å². The highest BCUT2D eigenvalue weighted by Crippen LogP contribution is 2.24. The summed E-state index contributed by atoms with van der Waals surface area (Å²) in [5.41, 5.74) is 0. The first-order valence-corrected chi connectivity index (χ1v) is 9.96. The lowest BCUT2D eigenvalue weighted by Crippen LogP contribution is -2.47. The highest BCUT2D eigenvalue weighted by molar-refractivity contribution is 5.74. The molecule has 1 aliphatic heterocycles. The Morgan fingerprint density at radius 2 is 1.83 bits per heavy atom. The molecule has 0 aromatic carbocycles. The number of nitrogens with one attached hydrogen (secondary N) is 2. The molecule has 0 radical (unpaired) electrons. The van der Waals surface area contributed by atoms with E-state index in [1.54, 1.807) is 0 Å². The molecule has 140 valence electrons. The lowest BCUT2D eigenvalue weighted by Gasteiger charge is -2.35. The highest BCUT2D eigenvalue weighted by Gasteiger charge is 2.25. The Hall–Kier alpha value is -0.810. The molecular weight excluding hydrogens is 302 g/mol. The van der Waals surface area contributed by atoms with Crippen molar-refractivity contribution in [1.29, 1.82) is 0 Å². The Kier molecular flexibility index (Phi) is 8.33. The van der Waals surface area contributed by atoms with E-state index in [0.717, 1.165) is 57.0 Å². The van der Waals surface area contributed by atoms with Crippen LogP contribution in [0.5, 0.6) is 0 Å². The van der Waals surface area contributed by atoms with Gasteiger partial charge in [-0.05, 0) is 50.5 Å². The minimum atomic E-state index is -0.0689.